The Morgan fingerprint density at radius 1 is 1.15 bits per heavy atom. The van der Waals surface area contributed by atoms with E-state index in [1.807, 2.05) is 24.3 Å². The molecule has 5 rings (SSSR count). The van der Waals surface area contributed by atoms with E-state index in [1.54, 1.807) is 35.2 Å². The average Bonchev–Trinajstić information content (AvgIpc) is 2.79. The van der Waals surface area contributed by atoms with Crippen molar-refractivity contribution in [3.05, 3.63) is 65.2 Å². The molecule has 1 aromatic carbocycles. The standard InChI is InChI=1S/C24H22N6O3/c1-14-8-10-30-23(32)19(13-26-24(30)27-14)21-5-3-16-11-17(4-6-20(16)29-21)33-18-7-9-25-22(12-18)28-15(2)31/h3-7,9,11-14H,8,10H2,1-2H3,(H,26,27)(H,25,28,31). The molecule has 0 bridgehead atoms. The van der Waals surface area contributed by atoms with Crippen LogP contribution in [0.25, 0.3) is 22.2 Å². The van der Waals surface area contributed by atoms with Crippen LogP contribution < -0.4 is 20.9 Å². The molecule has 0 radical (unpaired) electrons. The minimum Gasteiger partial charge on any atom is -0.457 e. The quantitative estimate of drug-likeness (QED) is 0.494. The summed E-state index contributed by atoms with van der Waals surface area (Å²) >= 11 is 0. The monoisotopic (exact) mass is 442 g/mol. The highest BCUT2D eigenvalue weighted by Crippen LogP contribution is 2.27. The van der Waals surface area contributed by atoms with Crippen LogP contribution in [0.1, 0.15) is 20.3 Å². The number of benzene rings is 1. The first-order valence-electron chi connectivity index (χ1n) is 10.7. The zero-order valence-electron chi connectivity index (χ0n) is 18.2. The van der Waals surface area contributed by atoms with Crippen LogP contribution in [0, 0.1) is 0 Å². The molecule has 4 aromatic rings. The van der Waals surface area contributed by atoms with Crippen molar-refractivity contribution in [2.75, 3.05) is 10.6 Å². The Hall–Kier alpha value is -4.27. The van der Waals surface area contributed by atoms with Crippen molar-refractivity contribution < 1.29 is 9.53 Å². The summed E-state index contributed by atoms with van der Waals surface area (Å²) in [6.07, 6.45) is 4.02. The molecule has 1 unspecified atom stereocenters. The Morgan fingerprint density at radius 3 is 2.85 bits per heavy atom. The number of fused-ring (bicyclic) bond motifs is 2. The first-order valence-corrected chi connectivity index (χ1v) is 10.7. The minimum absolute atomic E-state index is 0.0983. The molecule has 9 nitrogen and oxygen atoms in total. The number of hydrogen-bond acceptors (Lipinski definition) is 7. The third kappa shape index (κ3) is 4.25. The van der Waals surface area contributed by atoms with E-state index in [1.165, 1.54) is 6.92 Å². The summed E-state index contributed by atoms with van der Waals surface area (Å²) in [5.74, 6) is 1.98. The normalized spacial score (nSPS) is 14.9. The molecule has 0 saturated carbocycles. The maximum absolute atomic E-state index is 13.0. The van der Waals surface area contributed by atoms with E-state index in [0.29, 0.717) is 47.1 Å². The Balaban J connectivity index is 1.42. The molecule has 0 fully saturated rings. The van der Waals surface area contributed by atoms with Crippen molar-refractivity contribution in [3.63, 3.8) is 0 Å². The molecule has 33 heavy (non-hydrogen) atoms. The van der Waals surface area contributed by atoms with Crippen LogP contribution in [0.3, 0.4) is 0 Å². The molecule has 9 heteroatoms. The SMILES string of the molecule is CC(=O)Nc1cc(Oc2ccc3nc(-c4cnc5n(c4=O)CCC(C)N5)ccc3c2)ccn1. The largest absolute Gasteiger partial charge is 0.457 e. The number of hydrogen-bond donors (Lipinski definition) is 2. The summed E-state index contributed by atoms with van der Waals surface area (Å²) in [5.41, 5.74) is 1.69. The van der Waals surface area contributed by atoms with Crippen LogP contribution in [0.2, 0.25) is 0 Å². The third-order valence-electron chi connectivity index (χ3n) is 5.42. The zero-order valence-corrected chi connectivity index (χ0v) is 18.2. The van der Waals surface area contributed by atoms with Crippen LogP contribution in [0.4, 0.5) is 11.8 Å². The van der Waals surface area contributed by atoms with Crippen molar-refractivity contribution in [1.82, 2.24) is 19.5 Å². The van der Waals surface area contributed by atoms with Crippen LogP contribution in [-0.2, 0) is 11.3 Å². The molecular weight excluding hydrogens is 420 g/mol. The van der Waals surface area contributed by atoms with Gasteiger partial charge in [-0.3, -0.25) is 14.2 Å². The number of pyridine rings is 2. The predicted octanol–water partition coefficient (Wildman–Crippen LogP) is 3.81. The number of anilines is 2. The van der Waals surface area contributed by atoms with Crippen LogP contribution >= 0.6 is 0 Å². The van der Waals surface area contributed by atoms with Gasteiger partial charge in [0, 0.05) is 43.4 Å². The van der Waals surface area contributed by atoms with Gasteiger partial charge in [-0.25, -0.2) is 15.0 Å². The highest BCUT2D eigenvalue weighted by atomic mass is 16.5. The Labute approximate surface area is 189 Å². The van der Waals surface area contributed by atoms with Gasteiger partial charge in [0.15, 0.2) is 0 Å². The van der Waals surface area contributed by atoms with E-state index in [4.69, 9.17) is 4.74 Å². The molecule has 3 aromatic heterocycles. The molecule has 0 spiro atoms. The summed E-state index contributed by atoms with van der Waals surface area (Å²) in [6.45, 7) is 4.13. The number of nitrogens with one attached hydrogen (secondary N) is 2. The lowest BCUT2D eigenvalue weighted by Gasteiger charge is -2.24. The van der Waals surface area contributed by atoms with Gasteiger partial charge in [0.25, 0.3) is 5.56 Å². The van der Waals surface area contributed by atoms with Crippen molar-refractivity contribution >= 4 is 28.6 Å². The number of aromatic nitrogens is 4. The molecule has 1 amide bonds. The number of ether oxygens (including phenoxy) is 1. The maximum Gasteiger partial charge on any atom is 0.264 e. The van der Waals surface area contributed by atoms with E-state index in [0.717, 1.165) is 17.3 Å². The van der Waals surface area contributed by atoms with E-state index in [-0.39, 0.29) is 11.5 Å². The second-order valence-electron chi connectivity index (χ2n) is 8.00. The van der Waals surface area contributed by atoms with Crippen LogP contribution in [0.5, 0.6) is 11.5 Å². The van der Waals surface area contributed by atoms with Gasteiger partial charge in [0.05, 0.1) is 16.8 Å². The Kier molecular flexibility index (Phi) is 5.21. The maximum atomic E-state index is 13.0. The van der Waals surface area contributed by atoms with E-state index < -0.39 is 0 Å². The minimum atomic E-state index is -0.202. The van der Waals surface area contributed by atoms with E-state index in [9.17, 15) is 9.59 Å². The number of nitrogens with zero attached hydrogens (tertiary/aromatic N) is 4. The molecule has 0 aliphatic carbocycles. The van der Waals surface area contributed by atoms with E-state index in [2.05, 4.69) is 32.5 Å². The molecule has 1 aliphatic rings. The number of rotatable bonds is 4. The van der Waals surface area contributed by atoms with Gasteiger partial charge in [-0.05, 0) is 43.7 Å². The molecule has 1 aliphatic heterocycles. The van der Waals surface area contributed by atoms with Gasteiger partial charge in [-0.2, -0.15) is 0 Å². The number of carbonyl (C=O) groups excluding carboxylic acids is 1. The van der Waals surface area contributed by atoms with E-state index >= 15 is 0 Å². The summed E-state index contributed by atoms with van der Waals surface area (Å²) in [7, 11) is 0. The number of carbonyl (C=O) groups is 1. The van der Waals surface area contributed by atoms with Crippen molar-refractivity contribution in [2.45, 2.75) is 32.9 Å². The number of amides is 1. The Morgan fingerprint density at radius 2 is 2.00 bits per heavy atom. The average molecular weight is 442 g/mol. The van der Waals surface area contributed by atoms with Crippen molar-refractivity contribution in [1.29, 1.82) is 0 Å². The highest BCUT2D eigenvalue weighted by molar-refractivity contribution is 5.87. The molecule has 166 valence electrons. The second kappa shape index (κ2) is 8.34. The predicted molar refractivity (Wildman–Crippen MR) is 126 cm³/mol. The summed E-state index contributed by atoms with van der Waals surface area (Å²) < 4.78 is 7.59. The lowest BCUT2D eigenvalue weighted by molar-refractivity contribution is -0.114. The highest BCUT2D eigenvalue weighted by Gasteiger charge is 2.19. The van der Waals surface area contributed by atoms with Gasteiger partial charge in [0.1, 0.15) is 17.3 Å². The molecule has 2 N–H and O–H groups in total. The van der Waals surface area contributed by atoms with Crippen molar-refractivity contribution in [3.8, 4) is 22.8 Å². The lowest BCUT2D eigenvalue weighted by atomic mass is 10.1. The fourth-order valence-corrected chi connectivity index (χ4v) is 3.78. The topological polar surface area (TPSA) is 111 Å². The fourth-order valence-electron chi connectivity index (χ4n) is 3.78. The summed E-state index contributed by atoms with van der Waals surface area (Å²) in [5, 5.41) is 6.74. The zero-order chi connectivity index (χ0) is 22.9. The lowest BCUT2D eigenvalue weighted by Crippen LogP contribution is -2.34. The van der Waals surface area contributed by atoms with Gasteiger partial charge in [-0.1, -0.05) is 6.07 Å². The van der Waals surface area contributed by atoms with Crippen molar-refractivity contribution in [2.24, 2.45) is 0 Å². The smallest absolute Gasteiger partial charge is 0.264 e. The molecular formula is C24H22N6O3. The summed E-state index contributed by atoms with van der Waals surface area (Å²) in [6, 6.07) is 12.9. The molecule has 4 heterocycles. The van der Waals surface area contributed by atoms with Gasteiger partial charge >= 0.3 is 0 Å². The fraction of sp³-hybridized carbons (Fsp3) is 0.208. The third-order valence-corrected chi connectivity index (χ3v) is 5.42. The van der Waals surface area contributed by atoms with Gasteiger partial charge < -0.3 is 15.4 Å². The van der Waals surface area contributed by atoms with Crippen LogP contribution in [0.15, 0.2) is 59.7 Å². The first kappa shape index (κ1) is 20.6. The summed E-state index contributed by atoms with van der Waals surface area (Å²) in [4.78, 5) is 37.4. The first-order chi connectivity index (χ1) is 16.0. The van der Waals surface area contributed by atoms with Gasteiger partial charge in [-0.15, -0.1) is 0 Å². The second-order valence-corrected chi connectivity index (χ2v) is 8.00. The molecule has 0 saturated heterocycles. The van der Waals surface area contributed by atoms with Crippen LogP contribution in [-0.4, -0.2) is 31.5 Å². The van der Waals surface area contributed by atoms with Gasteiger partial charge in [0.2, 0.25) is 11.9 Å². The Bertz CT molecular complexity index is 1430. The molecule has 1 atom stereocenters.